The number of hydrogen-bond acceptors (Lipinski definition) is 5. The van der Waals surface area contributed by atoms with Crippen LogP contribution in [0.3, 0.4) is 0 Å². The fourth-order valence-electron chi connectivity index (χ4n) is 3.77. The van der Waals surface area contributed by atoms with Crippen molar-refractivity contribution in [3.05, 3.63) is 40.4 Å². The number of nitrogens with zero attached hydrogens (tertiary/aromatic N) is 4. The molecule has 0 saturated carbocycles. The maximum Gasteiger partial charge on any atom is 0.257 e. The number of benzene rings is 1. The lowest BCUT2D eigenvalue weighted by Crippen LogP contribution is -2.39. The summed E-state index contributed by atoms with van der Waals surface area (Å²) >= 11 is 6.00. The molecule has 9 heteroatoms. The Morgan fingerprint density at radius 3 is 2.78 bits per heavy atom. The van der Waals surface area contributed by atoms with Gasteiger partial charge in [0.15, 0.2) is 0 Å². The number of piperidine rings is 1. The molecule has 1 aromatic heterocycles. The minimum absolute atomic E-state index is 0. The number of amides is 1. The minimum Gasteiger partial charge on any atom is -0.496 e. The average molecular weight is 412 g/mol. The quantitative estimate of drug-likeness (QED) is 0.839. The maximum absolute atomic E-state index is 12.9. The molecule has 2 aliphatic heterocycles. The van der Waals surface area contributed by atoms with Crippen LogP contribution in [0.2, 0.25) is 5.02 Å². The van der Waals surface area contributed by atoms with Gasteiger partial charge in [-0.2, -0.15) is 0 Å². The van der Waals surface area contributed by atoms with Crippen LogP contribution in [0, 0.1) is 0 Å². The molecule has 27 heavy (non-hydrogen) atoms. The van der Waals surface area contributed by atoms with E-state index in [0.29, 0.717) is 35.3 Å². The molecule has 3 heterocycles. The van der Waals surface area contributed by atoms with E-state index in [1.807, 2.05) is 4.90 Å². The summed E-state index contributed by atoms with van der Waals surface area (Å²) in [5.74, 6) is 2.94. The molecule has 0 unspecified atom stereocenters. The summed E-state index contributed by atoms with van der Waals surface area (Å²) in [6.07, 6.45) is 1.79. The number of aromatic nitrogens is 3. The van der Waals surface area contributed by atoms with Crippen LogP contribution in [0.25, 0.3) is 0 Å². The molecule has 0 spiro atoms. The number of hydrogen-bond donors (Lipinski definition) is 1. The van der Waals surface area contributed by atoms with Crippen LogP contribution in [0.4, 0.5) is 0 Å². The van der Waals surface area contributed by atoms with Crippen LogP contribution in [-0.2, 0) is 13.1 Å². The number of likely N-dealkylation sites (tertiary alicyclic amines) is 1. The number of ether oxygens (including phenoxy) is 1. The van der Waals surface area contributed by atoms with Gasteiger partial charge in [0, 0.05) is 37.1 Å². The van der Waals surface area contributed by atoms with E-state index in [4.69, 9.17) is 16.3 Å². The van der Waals surface area contributed by atoms with Gasteiger partial charge in [-0.25, -0.2) is 0 Å². The van der Waals surface area contributed by atoms with Crippen molar-refractivity contribution in [2.45, 2.75) is 31.8 Å². The number of nitrogens with one attached hydrogen (secondary N) is 1. The number of carbonyl (C=O) groups excluding carboxylic acids is 1. The predicted molar refractivity (Wildman–Crippen MR) is 105 cm³/mol. The zero-order valence-corrected chi connectivity index (χ0v) is 16.7. The molecule has 0 aliphatic carbocycles. The summed E-state index contributed by atoms with van der Waals surface area (Å²) in [5, 5.41) is 12.6. The van der Waals surface area contributed by atoms with E-state index < -0.39 is 0 Å². The first-order valence-corrected chi connectivity index (χ1v) is 9.30. The number of halogens is 2. The second-order valence-corrected chi connectivity index (χ2v) is 7.15. The van der Waals surface area contributed by atoms with E-state index in [-0.39, 0.29) is 18.3 Å². The summed E-state index contributed by atoms with van der Waals surface area (Å²) in [6.45, 7) is 4.05. The van der Waals surface area contributed by atoms with Gasteiger partial charge in [0.2, 0.25) is 0 Å². The van der Waals surface area contributed by atoms with Gasteiger partial charge in [-0.1, -0.05) is 11.6 Å². The molecule has 1 amide bonds. The highest BCUT2D eigenvalue weighted by molar-refractivity contribution is 6.30. The molecule has 4 rings (SSSR count). The Bertz CT molecular complexity index is 818. The highest BCUT2D eigenvalue weighted by atomic mass is 35.5. The standard InChI is InChI=1S/C18H22ClN5O2.ClH/c1-26-15-10-13(19)2-3-14(15)18(25)23-7-4-12(5-8-23)17-22-21-16-11-20-6-9-24(16)17;/h2-3,10,12,20H,4-9,11H2,1H3;1H. The number of rotatable bonds is 3. The van der Waals surface area contributed by atoms with Crippen molar-refractivity contribution in [3.8, 4) is 5.75 Å². The monoisotopic (exact) mass is 411 g/mol. The van der Waals surface area contributed by atoms with Gasteiger partial charge >= 0.3 is 0 Å². The lowest BCUT2D eigenvalue weighted by atomic mass is 9.95. The predicted octanol–water partition coefficient (Wildman–Crippen LogP) is 2.48. The molecule has 1 N–H and O–H groups in total. The molecule has 1 fully saturated rings. The van der Waals surface area contributed by atoms with Gasteiger partial charge < -0.3 is 19.5 Å². The smallest absolute Gasteiger partial charge is 0.257 e. The molecule has 0 atom stereocenters. The van der Waals surface area contributed by atoms with E-state index in [0.717, 1.165) is 44.1 Å². The summed E-state index contributed by atoms with van der Waals surface area (Å²) in [5.41, 5.74) is 0.557. The van der Waals surface area contributed by atoms with Gasteiger partial charge in [0.25, 0.3) is 5.91 Å². The Morgan fingerprint density at radius 2 is 2.04 bits per heavy atom. The lowest BCUT2D eigenvalue weighted by molar-refractivity contribution is 0.0706. The largest absolute Gasteiger partial charge is 0.496 e. The number of fused-ring (bicyclic) bond motifs is 1. The van der Waals surface area contributed by atoms with Crippen LogP contribution in [0.1, 0.15) is 40.8 Å². The fraction of sp³-hybridized carbons (Fsp3) is 0.500. The first-order valence-electron chi connectivity index (χ1n) is 8.93. The molecule has 1 saturated heterocycles. The number of carbonyl (C=O) groups is 1. The van der Waals surface area contributed by atoms with Crippen LogP contribution < -0.4 is 10.1 Å². The first kappa shape index (κ1) is 19.9. The summed E-state index contributed by atoms with van der Waals surface area (Å²) in [6, 6.07) is 5.14. The molecular weight excluding hydrogens is 389 g/mol. The molecule has 2 aliphatic rings. The molecule has 2 aromatic rings. The average Bonchev–Trinajstić information content (AvgIpc) is 3.11. The van der Waals surface area contributed by atoms with Crippen LogP contribution in [0.5, 0.6) is 5.75 Å². The van der Waals surface area contributed by atoms with Crippen LogP contribution in [0.15, 0.2) is 18.2 Å². The van der Waals surface area contributed by atoms with Crippen molar-refractivity contribution < 1.29 is 9.53 Å². The second kappa shape index (κ2) is 8.46. The van der Waals surface area contributed by atoms with E-state index >= 15 is 0 Å². The van der Waals surface area contributed by atoms with Crippen molar-refractivity contribution in [3.63, 3.8) is 0 Å². The van der Waals surface area contributed by atoms with Gasteiger partial charge in [-0.3, -0.25) is 4.79 Å². The SMILES string of the molecule is COc1cc(Cl)ccc1C(=O)N1CCC(c2nnc3n2CCNC3)CC1.Cl. The third kappa shape index (κ3) is 3.90. The van der Waals surface area contributed by atoms with Crippen molar-refractivity contribution in [2.24, 2.45) is 0 Å². The Balaban J connectivity index is 0.00000210. The van der Waals surface area contributed by atoms with Gasteiger partial charge in [-0.05, 0) is 31.0 Å². The highest BCUT2D eigenvalue weighted by Gasteiger charge is 2.30. The summed E-state index contributed by atoms with van der Waals surface area (Å²) in [7, 11) is 1.55. The van der Waals surface area contributed by atoms with E-state index in [1.54, 1.807) is 25.3 Å². The number of methoxy groups -OCH3 is 1. The van der Waals surface area contributed by atoms with Gasteiger partial charge in [0.1, 0.15) is 17.4 Å². The second-order valence-electron chi connectivity index (χ2n) is 6.71. The maximum atomic E-state index is 12.9. The molecular formula is C18H23Cl2N5O2. The molecule has 7 nitrogen and oxygen atoms in total. The van der Waals surface area contributed by atoms with E-state index in [1.165, 1.54) is 0 Å². The molecule has 1 aromatic carbocycles. The van der Waals surface area contributed by atoms with Crippen LogP contribution >= 0.6 is 24.0 Å². The normalized spacial score (nSPS) is 17.2. The third-order valence-corrected chi connectivity index (χ3v) is 5.43. The Morgan fingerprint density at radius 1 is 1.26 bits per heavy atom. The summed E-state index contributed by atoms with van der Waals surface area (Å²) in [4.78, 5) is 14.8. The molecule has 146 valence electrons. The fourth-order valence-corrected chi connectivity index (χ4v) is 3.93. The summed E-state index contributed by atoms with van der Waals surface area (Å²) < 4.78 is 7.56. The van der Waals surface area contributed by atoms with Crippen molar-refractivity contribution in [1.82, 2.24) is 25.0 Å². The van der Waals surface area contributed by atoms with Crippen LogP contribution in [-0.4, -0.2) is 52.3 Å². The topological polar surface area (TPSA) is 72.3 Å². The van der Waals surface area contributed by atoms with Crippen molar-refractivity contribution >= 4 is 29.9 Å². The van der Waals surface area contributed by atoms with Gasteiger partial charge in [0.05, 0.1) is 19.2 Å². The Labute approximate surface area is 169 Å². The Kier molecular flexibility index (Phi) is 6.24. The highest BCUT2D eigenvalue weighted by Crippen LogP contribution is 2.30. The minimum atomic E-state index is -0.00978. The zero-order chi connectivity index (χ0) is 18.1. The van der Waals surface area contributed by atoms with Gasteiger partial charge in [-0.15, -0.1) is 22.6 Å². The van der Waals surface area contributed by atoms with E-state index in [2.05, 4.69) is 20.1 Å². The molecule has 0 radical (unpaired) electrons. The third-order valence-electron chi connectivity index (χ3n) is 5.19. The van der Waals surface area contributed by atoms with E-state index in [9.17, 15) is 4.79 Å². The molecule has 0 bridgehead atoms. The van der Waals surface area contributed by atoms with Crippen molar-refractivity contribution in [1.29, 1.82) is 0 Å². The Hall–Kier alpha value is -1.83. The van der Waals surface area contributed by atoms with Crippen molar-refractivity contribution in [2.75, 3.05) is 26.7 Å². The lowest BCUT2D eigenvalue weighted by Gasteiger charge is -2.32. The first-order chi connectivity index (χ1) is 12.7. The zero-order valence-electron chi connectivity index (χ0n) is 15.2.